The van der Waals surface area contributed by atoms with Gasteiger partial charge in [-0.15, -0.1) is 0 Å². The second kappa shape index (κ2) is 10.6. The van der Waals surface area contributed by atoms with Crippen molar-refractivity contribution in [3.05, 3.63) is 83.2 Å². The number of hydrogen-bond acceptors (Lipinski definition) is 6. The van der Waals surface area contributed by atoms with Gasteiger partial charge in [-0.3, -0.25) is 29.5 Å². The average Bonchev–Trinajstić information content (AvgIpc) is 3.77. The standard InChI is InChI=1S/C34H35F2N5O3/c1-33(2)19-40(17-20-3-5-21(6-4-20)31-27(35)18-41(39-31)23-7-8-23)14-13-34(33,44)26-10-11-28-25(30(26)36)15-22(16-37-28)24-9-12-29(42)38-32(24)43/h3-6,10-11,15-16,18,23-24,44H,7-9,12-14,17,19H2,1-2H3,(H,38,42,43)/t24?,34-/m0/s1. The summed E-state index contributed by atoms with van der Waals surface area (Å²) < 4.78 is 32.5. The fourth-order valence-corrected chi connectivity index (χ4v) is 6.88. The van der Waals surface area contributed by atoms with Crippen LogP contribution in [0, 0.1) is 17.0 Å². The summed E-state index contributed by atoms with van der Waals surface area (Å²) in [5.74, 6) is -2.15. The zero-order valence-corrected chi connectivity index (χ0v) is 24.8. The molecule has 7 rings (SSSR count). The topological polar surface area (TPSA) is 100 Å². The van der Waals surface area contributed by atoms with Crippen LogP contribution in [-0.4, -0.2) is 49.7 Å². The molecule has 0 spiro atoms. The molecule has 4 heterocycles. The highest BCUT2D eigenvalue weighted by molar-refractivity contribution is 6.01. The Kier molecular flexibility index (Phi) is 6.89. The molecule has 0 radical (unpaired) electrons. The summed E-state index contributed by atoms with van der Waals surface area (Å²) in [5.41, 5.74) is 1.22. The van der Waals surface area contributed by atoms with Gasteiger partial charge in [0, 0.05) is 54.2 Å². The third-order valence-corrected chi connectivity index (χ3v) is 9.68. The summed E-state index contributed by atoms with van der Waals surface area (Å²) in [7, 11) is 0. The minimum Gasteiger partial charge on any atom is -0.384 e. The number of fused-ring (bicyclic) bond motifs is 1. The van der Waals surface area contributed by atoms with Crippen LogP contribution in [-0.2, 0) is 21.7 Å². The summed E-state index contributed by atoms with van der Waals surface area (Å²) in [4.78, 5) is 30.7. The number of piperidine rings is 2. The van der Waals surface area contributed by atoms with Crippen molar-refractivity contribution in [2.24, 2.45) is 5.41 Å². The van der Waals surface area contributed by atoms with E-state index in [2.05, 4.69) is 20.3 Å². The van der Waals surface area contributed by atoms with Gasteiger partial charge >= 0.3 is 0 Å². The van der Waals surface area contributed by atoms with E-state index in [0.29, 0.717) is 55.3 Å². The summed E-state index contributed by atoms with van der Waals surface area (Å²) in [6, 6.07) is 13.0. The number of aliphatic hydroxyl groups is 1. The number of likely N-dealkylation sites (tertiary alicyclic amines) is 1. The minimum atomic E-state index is -1.44. The molecular formula is C34H35F2N5O3. The number of rotatable bonds is 6. The first-order valence-corrected chi connectivity index (χ1v) is 15.2. The van der Waals surface area contributed by atoms with Gasteiger partial charge in [-0.25, -0.2) is 8.78 Å². The number of aromatic nitrogens is 3. The van der Waals surface area contributed by atoms with Crippen LogP contribution >= 0.6 is 0 Å². The van der Waals surface area contributed by atoms with E-state index in [1.165, 1.54) is 6.20 Å². The molecule has 8 nitrogen and oxygen atoms in total. The molecule has 2 aromatic carbocycles. The third-order valence-electron chi connectivity index (χ3n) is 9.68. The lowest BCUT2D eigenvalue weighted by Gasteiger charge is -2.50. The normalized spacial score (nSPS) is 24.1. The molecule has 2 atom stereocenters. The lowest BCUT2D eigenvalue weighted by Crippen LogP contribution is -2.55. The maximum atomic E-state index is 16.2. The van der Waals surface area contributed by atoms with Crippen molar-refractivity contribution in [1.82, 2.24) is 25.0 Å². The number of imide groups is 1. The van der Waals surface area contributed by atoms with Crippen LogP contribution in [0.2, 0.25) is 0 Å². The highest BCUT2D eigenvalue weighted by atomic mass is 19.1. The van der Waals surface area contributed by atoms with Gasteiger partial charge in [-0.2, -0.15) is 5.10 Å². The molecule has 2 aliphatic heterocycles. The van der Waals surface area contributed by atoms with E-state index < -0.39 is 28.7 Å². The quantitative estimate of drug-likeness (QED) is 0.290. The Morgan fingerprint density at radius 3 is 2.55 bits per heavy atom. The fourth-order valence-electron chi connectivity index (χ4n) is 6.88. The number of benzene rings is 2. The molecule has 0 bridgehead atoms. The second-order valence-electron chi connectivity index (χ2n) is 13.2. The molecule has 3 fully saturated rings. The fraction of sp³-hybridized carbons (Fsp3) is 0.412. The highest BCUT2D eigenvalue weighted by Crippen LogP contribution is 2.48. The van der Waals surface area contributed by atoms with Crippen LogP contribution in [0.1, 0.15) is 74.6 Å². The smallest absolute Gasteiger partial charge is 0.234 e. The van der Waals surface area contributed by atoms with Crippen LogP contribution in [0.25, 0.3) is 22.2 Å². The van der Waals surface area contributed by atoms with E-state index in [4.69, 9.17) is 0 Å². The second-order valence-corrected chi connectivity index (χ2v) is 13.2. The maximum absolute atomic E-state index is 16.2. The molecular weight excluding hydrogens is 564 g/mol. The van der Waals surface area contributed by atoms with E-state index in [9.17, 15) is 19.1 Å². The lowest BCUT2D eigenvalue weighted by atomic mass is 9.66. The van der Waals surface area contributed by atoms with Crippen molar-refractivity contribution >= 4 is 22.7 Å². The number of carbonyl (C=O) groups is 2. The Hall–Kier alpha value is -4.02. The Balaban J connectivity index is 1.09. The van der Waals surface area contributed by atoms with Crippen molar-refractivity contribution < 1.29 is 23.5 Å². The molecule has 2 amide bonds. The van der Waals surface area contributed by atoms with Crippen LogP contribution in [0.5, 0.6) is 0 Å². The molecule has 4 aromatic rings. The van der Waals surface area contributed by atoms with Gasteiger partial charge in [0.15, 0.2) is 5.82 Å². The van der Waals surface area contributed by atoms with Gasteiger partial charge in [0.2, 0.25) is 11.8 Å². The van der Waals surface area contributed by atoms with Gasteiger partial charge in [0.25, 0.3) is 0 Å². The zero-order chi connectivity index (χ0) is 30.8. The largest absolute Gasteiger partial charge is 0.384 e. The first-order valence-electron chi connectivity index (χ1n) is 15.2. The van der Waals surface area contributed by atoms with E-state index in [-0.39, 0.29) is 29.1 Å². The first-order chi connectivity index (χ1) is 21.0. The average molecular weight is 600 g/mol. The van der Waals surface area contributed by atoms with E-state index in [1.807, 2.05) is 38.1 Å². The molecule has 2 N–H and O–H groups in total. The Labute approximate surface area is 254 Å². The number of amides is 2. The number of carbonyl (C=O) groups excluding carboxylic acids is 2. The van der Waals surface area contributed by atoms with Crippen molar-refractivity contribution in [3.63, 3.8) is 0 Å². The summed E-state index contributed by atoms with van der Waals surface area (Å²) >= 11 is 0. The van der Waals surface area contributed by atoms with Crippen molar-refractivity contribution in [2.45, 2.75) is 70.1 Å². The molecule has 2 saturated heterocycles. The van der Waals surface area contributed by atoms with E-state index >= 15 is 4.39 Å². The van der Waals surface area contributed by atoms with Crippen LogP contribution in [0.15, 0.2) is 54.9 Å². The third kappa shape index (κ3) is 4.99. The van der Waals surface area contributed by atoms with E-state index in [0.717, 1.165) is 24.0 Å². The Bertz CT molecular complexity index is 1780. The molecule has 1 aliphatic carbocycles. The van der Waals surface area contributed by atoms with Gasteiger partial charge in [-0.1, -0.05) is 44.2 Å². The zero-order valence-electron chi connectivity index (χ0n) is 24.8. The number of pyridine rings is 1. The Morgan fingerprint density at radius 1 is 1.07 bits per heavy atom. The number of halogens is 2. The van der Waals surface area contributed by atoms with Crippen molar-refractivity contribution in [1.29, 1.82) is 0 Å². The Morgan fingerprint density at radius 2 is 1.84 bits per heavy atom. The van der Waals surface area contributed by atoms with Gasteiger partial charge in [-0.05, 0) is 48.9 Å². The molecule has 2 aromatic heterocycles. The van der Waals surface area contributed by atoms with Gasteiger partial charge < -0.3 is 5.11 Å². The predicted octanol–water partition coefficient (Wildman–Crippen LogP) is 5.35. The number of nitrogens with zero attached hydrogens (tertiary/aromatic N) is 4. The van der Waals surface area contributed by atoms with Gasteiger partial charge in [0.1, 0.15) is 11.5 Å². The number of nitrogens with one attached hydrogen (secondary N) is 1. The lowest BCUT2D eigenvalue weighted by molar-refractivity contribution is -0.134. The molecule has 44 heavy (non-hydrogen) atoms. The molecule has 228 valence electrons. The van der Waals surface area contributed by atoms with Crippen LogP contribution < -0.4 is 5.32 Å². The first kappa shape index (κ1) is 28.7. The van der Waals surface area contributed by atoms with Crippen molar-refractivity contribution in [3.8, 4) is 11.3 Å². The monoisotopic (exact) mass is 599 g/mol. The van der Waals surface area contributed by atoms with Crippen LogP contribution in [0.4, 0.5) is 8.78 Å². The SMILES string of the molecule is CC1(C)CN(Cc2ccc(-c3nn(C4CC4)cc3F)cc2)CC[C@]1(O)c1ccc2ncc(C3CCC(=O)NC3=O)cc2c1F. The maximum Gasteiger partial charge on any atom is 0.234 e. The number of hydrogen-bond donors (Lipinski definition) is 2. The molecule has 3 aliphatic rings. The molecule has 1 unspecified atom stereocenters. The van der Waals surface area contributed by atoms with Crippen molar-refractivity contribution in [2.75, 3.05) is 13.1 Å². The highest BCUT2D eigenvalue weighted by Gasteiger charge is 2.50. The van der Waals surface area contributed by atoms with Gasteiger partial charge in [0.05, 0.1) is 29.3 Å². The summed E-state index contributed by atoms with van der Waals surface area (Å²) in [6.45, 7) is 5.61. The molecule has 1 saturated carbocycles. The van der Waals surface area contributed by atoms with Crippen LogP contribution in [0.3, 0.4) is 0 Å². The van der Waals surface area contributed by atoms with E-state index in [1.54, 1.807) is 29.1 Å². The minimum absolute atomic E-state index is 0.217. The summed E-state index contributed by atoms with van der Waals surface area (Å²) in [6.07, 6.45) is 6.00. The predicted molar refractivity (Wildman–Crippen MR) is 160 cm³/mol. The summed E-state index contributed by atoms with van der Waals surface area (Å²) in [5, 5.41) is 19.1. The molecule has 10 heteroatoms.